The maximum Gasteiger partial charge on any atom is 0.326 e. The molecule has 0 aromatic carbocycles. The van der Waals surface area contributed by atoms with E-state index >= 15 is 0 Å². The van der Waals surface area contributed by atoms with Gasteiger partial charge in [-0.3, -0.25) is 4.79 Å². The summed E-state index contributed by atoms with van der Waals surface area (Å²) in [5, 5.41) is 11.3. The molecule has 1 aliphatic rings. The minimum Gasteiger partial charge on any atom is -0.480 e. The SMILES string of the molecule is [CH3-].[CH3-].[NH3+][C@]1(C[n+]2ccccc2)C[C@H](C(=O)O)NC1=O. The van der Waals surface area contributed by atoms with E-state index < -0.39 is 17.6 Å². The summed E-state index contributed by atoms with van der Waals surface area (Å²) in [5.41, 5.74) is 2.97. The first-order chi connectivity index (χ1) is 8.01. The Morgan fingerprint density at radius 2 is 2.00 bits per heavy atom. The lowest BCUT2D eigenvalue weighted by atomic mass is 9.96. The van der Waals surface area contributed by atoms with Crippen LogP contribution in [-0.2, 0) is 16.1 Å². The summed E-state index contributed by atoms with van der Waals surface area (Å²) in [5.74, 6) is -1.32. The Labute approximate surface area is 113 Å². The van der Waals surface area contributed by atoms with E-state index in [-0.39, 0.29) is 27.2 Å². The van der Waals surface area contributed by atoms with E-state index in [9.17, 15) is 9.59 Å². The summed E-state index contributed by atoms with van der Waals surface area (Å²) in [6.45, 7) is 0.378. The molecule has 1 amide bonds. The molecule has 0 saturated carbocycles. The Balaban J connectivity index is 0.00000162. The van der Waals surface area contributed by atoms with Crippen molar-refractivity contribution < 1.29 is 25.0 Å². The minimum atomic E-state index is -1.01. The van der Waals surface area contributed by atoms with Gasteiger partial charge in [0, 0.05) is 18.6 Å². The minimum absolute atomic E-state index is 0. The van der Waals surface area contributed by atoms with Crippen LogP contribution in [0.2, 0.25) is 0 Å². The number of carbonyl (C=O) groups is 2. The predicted molar refractivity (Wildman–Crippen MR) is 69.3 cm³/mol. The van der Waals surface area contributed by atoms with E-state index in [0.717, 1.165) is 0 Å². The number of nitrogens with one attached hydrogen (secondary N) is 1. The number of nitrogens with zero attached hydrogens (tertiary/aromatic N) is 1. The van der Waals surface area contributed by atoms with Gasteiger partial charge in [-0.15, -0.1) is 0 Å². The monoisotopic (exact) mass is 267 g/mol. The highest BCUT2D eigenvalue weighted by Gasteiger charge is 2.52. The third-order valence-corrected chi connectivity index (χ3v) is 2.94. The van der Waals surface area contributed by atoms with Crippen LogP contribution in [0.25, 0.3) is 0 Å². The van der Waals surface area contributed by atoms with Gasteiger partial charge in [0.1, 0.15) is 6.04 Å². The Kier molecular flexibility index (Phi) is 5.64. The fourth-order valence-corrected chi connectivity index (χ4v) is 2.02. The molecule has 19 heavy (non-hydrogen) atoms. The number of carboxylic acid groups (broad SMARTS) is 1. The van der Waals surface area contributed by atoms with Crippen LogP contribution in [0.3, 0.4) is 0 Å². The van der Waals surface area contributed by atoms with Crippen molar-refractivity contribution >= 4 is 11.9 Å². The smallest absolute Gasteiger partial charge is 0.326 e. The molecule has 1 fully saturated rings. The number of quaternary nitrogens is 1. The third-order valence-electron chi connectivity index (χ3n) is 2.94. The van der Waals surface area contributed by atoms with Crippen molar-refractivity contribution in [2.24, 2.45) is 0 Å². The van der Waals surface area contributed by atoms with Crippen LogP contribution in [-0.4, -0.2) is 28.6 Å². The van der Waals surface area contributed by atoms with Crippen molar-refractivity contribution in [2.45, 2.75) is 24.5 Å². The number of pyridine rings is 1. The fourth-order valence-electron chi connectivity index (χ4n) is 2.02. The van der Waals surface area contributed by atoms with Crippen LogP contribution in [0.1, 0.15) is 6.42 Å². The molecule has 2 atom stereocenters. The Morgan fingerprint density at radius 1 is 1.42 bits per heavy atom. The molecule has 106 valence electrons. The van der Waals surface area contributed by atoms with Crippen molar-refractivity contribution in [3.63, 3.8) is 0 Å². The van der Waals surface area contributed by atoms with E-state index in [1.54, 1.807) is 0 Å². The van der Waals surface area contributed by atoms with Crippen molar-refractivity contribution in [2.75, 3.05) is 0 Å². The molecule has 0 unspecified atom stereocenters. The second-order valence-electron chi connectivity index (χ2n) is 4.40. The second-order valence-corrected chi connectivity index (χ2v) is 4.40. The van der Waals surface area contributed by atoms with Gasteiger partial charge in [-0.1, -0.05) is 6.07 Å². The summed E-state index contributed by atoms with van der Waals surface area (Å²) in [6.07, 6.45) is 3.87. The molecule has 5 N–H and O–H groups in total. The molecular weight excluding hydrogens is 246 g/mol. The summed E-state index contributed by atoms with van der Waals surface area (Å²) in [4.78, 5) is 22.6. The quantitative estimate of drug-likeness (QED) is 0.475. The zero-order valence-corrected chi connectivity index (χ0v) is 11.3. The van der Waals surface area contributed by atoms with Gasteiger partial charge >= 0.3 is 5.97 Å². The van der Waals surface area contributed by atoms with Crippen molar-refractivity contribution in [1.29, 1.82) is 0 Å². The average Bonchev–Trinajstić information content (AvgIpc) is 2.57. The number of carboxylic acids is 1. The molecule has 0 bridgehead atoms. The topological polar surface area (TPSA) is 97.9 Å². The van der Waals surface area contributed by atoms with Gasteiger partial charge in [-0.25, -0.2) is 4.79 Å². The van der Waals surface area contributed by atoms with E-state index in [2.05, 4.69) is 11.1 Å². The molecule has 1 aromatic heterocycles. The lowest BCUT2D eigenvalue weighted by Gasteiger charge is -2.12. The number of aromatic nitrogens is 1. The molecule has 2 heterocycles. The summed E-state index contributed by atoms with van der Waals surface area (Å²) < 4.78 is 1.83. The first-order valence-electron chi connectivity index (χ1n) is 5.34. The molecule has 6 heteroatoms. The van der Waals surface area contributed by atoms with E-state index in [4.69, 9.17) is 5.11 Å². The molecule has 2 rings (SSSR count). The lowest BCUT2D eigenvalue weighted by Crippen LogP contribution is -2.80. The van der Waals surface area contributed by atoms with Crippen LogP contribution in [0.5, 0.6) is 0 Å². The molecule has 1 aromatic rings. The molecule has 0 radical (unpaired) electrons. The standard InChI is InChI=1S/C11H13N3O3.2CH3/c12-11(7-14-4-2-1-3-5-14)6-8(9(15)16)13-10(11)17;;/h1-5,8H,6-7,12H2,(H-,13,15,16,17);2*1H3/q;2*-1/p+2/t8-,11+;;/m1../s1. The van der Waals surface area contributed by atoms with Crippen molar-refractivity contribution in [3.05, 3.63) is 45.4 Å². The number of rotatable bonds is 3. The highest BCUT2D eigenvalue weighted by Crippen LogP contribution is 2.16. The number of amides is 1. The first kappa shape index (κ1) is 17.1. The van der Waals surface area contributed by atoms with Crippen LogP contribution in [0.15, 0.2) is 30.6 Å². The lowest BCUT2D eigenvalue weighted by molar-refractivity contribution is -0.730. The normalized spacial score (nSPS) is 24.9. The van der Waals surface area contributed by atoms with Gasteiger partial charge in [-0.2, -0.15) is 4.57 Å². The predicted octanol–water partition coefficient (Wildman–Crippen LogP) is -1.17. The number of carbonyl (C=O) groups excluding carboxylic acids is 1. The fraction of sp³-hybridized carbons (Fsp3) is 0.308. The Morgan fingerprint density at radius 3 is 2.47 bits per heavy atom. The third kappa shape index (κ3) is 3.51. The highest BCUT2D eigenvalue weighted by molar-refractivity contribution is 5.92. The molecule has 6 nitrogen and oxygen atoms in total. The van der Waals surface area contributed by atoms with Crippen molar-refractivity contribution in [3.8, 4) is 0 Å². The zero-order chi connectivity index (χ0) is 12.5. The van der Waals surface area contributed by atoms with E-state index in [0.29, 0.717) is 6.54 Å². The van der Waals surface area contributed by atoms with Gasteiger partial charge in [0.15, 0.2) is 12.4 Å². The van der Waals surface area contributed by atoms with Gasteiger partial charge in [0.05, 0.1) is 0 Å². The largest absolute Gasteiger partial charge is 0.480 e. The average molecular weight is 267 g/mol. The van der Waals surface area contributed by atoms with Gasteiger partial charge in [0.25, 0.3) is 5.91 Å². The molecular formula is C13H21N3O3. The van der Waals surface area contributed by atoms with Crippen LogP contribution in [0, 0.1) is 14.9 Å². The van der Waals surface area contributed by atoms with Crippen molar-refractivity contribution in [1.82, 2.24) is 5.32 Å². The second kappa shape index (κ2) is 6.29. The van der Waals surface area contributed by atoms with Crippen LogP contribution in [0.4, 0.5) is 0 Å². The molecule has 0 aliphatic carbocycles. The van der Waals surface area contributed by atoms with E-state index in [1.165, 1.54) is 0 Å². The summed E-state index contributed by atoms with van der Waals surface area (Å²) >= 11 is 0. The molecule has 1 aliphatic heterocycles. The Bertz CT molecular complexity index is 450. The maximum absolute atomic E-state index is 11.8. The maximum atomic E-state index is 11.8. The highest BCUT2D eigenvalue weighted by atomic mass is 16.4. The number of aliphatic carboxylic acids is 1. The van der Waals surface area contributed by atoms with Gasteiger partial charge in [0.2, 0.25) is 12.1 Å². The van der Waals surface area contributed by atoms with Gasteiger partial charge < -0.3 is 31.0 Å². The molecule has 0 spiro atoms. The number of hydrogen-bond donors (Lipinski definition) is 3. The summed E-state index contributed by atoms with van der Waals surface area (Å²) in [7, 11) is 0. The summed E-state index contributed by atoms with van der Waals surface area (Å²) in [6, 6.07) is 4.75. The zero-order valence-electron chi connectivity index (χ0n) is 11.3. The first-order valence-corrected chi connectivity index (χ1v) is 5.34. The van der Waals surface area contributed by atoms with Gasteiger partial charge in [-0.05, 0) is 0 Å². The van der Waals surface area contributed by atoms with Crippen LogP contribution >= 0.6 is 0 Å². The van der Waals surface area contributed by atoms with E-state index in [1.807, 2.05) is 35.2 Å². The number of hydrogen-bond acceptors (Lipinski definition) is 2. The van der Waals surface area contributed by atoms with Crippen LogP contribution < -0.4 is 15.6 Å². The Hall–Kier alpha value is -1.95. The molecule has 1 saturated heterocycles.